The van der Waals surface area contributed by atoms with E-state index in [1.807, 2.05) is 62.4 Å². The van der Waals surface area contributed by atoms with Crippen molar-refractivity contribution in [1.82, 2.24) is 4.98 Å². The SMILES string of the molecule is Cc1ccc(C(=O)c2ccc3cccc(C)c3n2)cc1. The van der Waals surface area contributed by atoms with Gasteiger partial charge in [-0.2, -0.15) is 0 Å². The van der Waals surface area contributed by atoms with E-state index < -0.39 is 0 Å². The molecule has 0 spiro atoms. The van der Waals surface area contributed by atoms with E-state index in [1.54, 1.807) is 6.07 Å². The summed E-state index contributed by atoms with van der Waals surface area (Å²) >= 11 is 0. The van der Waals surface area contributed by atoms with E-state index >= 15 is 0 Å². The van der Waals surface area contributed by atoms with E-state index in [0.717, 1.165) is 22.0 Å². The molecule has 0 saturated heterocycles. The standard InChI is InChI=1S/C18H15NO/c1-12-6-8-15(9-7-12)18(20)16-11-10-14-5-3-4-13(2)17(14)19-16/h3-11H,1-2H3. The molecule has 2 heteroatoms. The fraction of sp³-hybridized carbons (Fsp3) is 0.111. The van der Waals surface area contributed by atoms with Crippen LogP contribution in [0.15, 0.2) is 54.6 Å². The Morgan fingerprint density at radius 1 is 0.900 bits per heavy atom. The molecule has 3 aromatic rings. The molecule has 20 heavy (non-hydrogen) atoms. The van der Waals surface area contributed by atoms with Crippen LogP contribution >= 0.6 is 0 Å². The molecular weight excluding hydrogens is 246 g/mol. The van der Waals surface area contributed by atoms with Gasteiger partial charge in [0.15, 0.2) is 0 Å². The number of carbonyl (C=O) groups is 1. The number of hydrogen-bond acceptors (Lipinski definition) is 2. The fourth-order valence-electron chi connectivity index (χ4n) is 2.27. The minimum Gasteiger partial charge on any atom is -0.287 e. The Balaban J connectivity index is 2.08. The van der Waals surface area contributed by atoms with Crippen molar-refractivity contribution in [2.24, 2.45) is 0 Å². The van der Waals surface area contributed by atoms with Crippen LogP contribution < -0.4 is 0 Å². The van der Waals surface area contributed by atoms with Gasteiger partial charge in [0, 0.05) is 10.9 Å². The zero-order chi connectivity index (χ0) is 14.1. The zero-order valence-electron chi connectivity index (χ0n) is 11.6. The highest BCUT2D eigenvalue weighted by Crippen LogP contribution is 2.18. The second-order valence-electron chi connectivity index (χ2n) is 5.04. The highest BCUT2D eigenvalue weighted by atomic mass is 16.1. The quantitative estimate of drug-likeness (QED) is 0.650. The summed E-state index contributed by atoms with van der Waals surface area (Å²) in [6, 6.07) is 17.4. The third-order valence-electron chi connectivity index (χ3n) is 3.47. The van der Waals surface area contributed by atoms with Crippen LogP contribution in [0.5, 0.6) is 0 Å². The van der Waals surface area contributed by atoms with Gasteiger partial charge in [0.05, 0.1) is 5.52 Å². The predicted molar refractivity (Wildman–Crippen MR) is 81.1 cm³/mol. The summed E-state index contributed by atoms with van der Waals surface area (Å²) in [5, 5.41) is 1.06. The number of aryl methyl sites for hydroxylation is 2. The number of benzene rings is 2. The zero-order valence-corrected chi connectivity index (χ0v) is 11.6. The van der Waals surface area contributed by atoms with Crippen LogP contribution in [0.3, 0.4) is 0 Å². The van der Waals surface area contributed by atoms with Gasteiger partial charge in [-0.05, 0) is 25.5 Å². The minimum absolute atomic E-state index is 0.0323. The van der Waals surface area contributed by atoms with Crippen LogP contribution in [0.2, 0.25) is 0 Å². The van der Waals surface area contributed by atoms with Gasteiger partial charge in [-0.15, -0.1) is 0 Å². The number of carbonyl (C=O) groups excluding carboxylic acids is 1. The lowest BCUT2D eigenvalue weighted by atomic mass is 10.0. The number of pyridine rings is 1. The topological polar surface area (TPSA) is 30.0 Å². The molecule has 0 unspecified atom stereocenters. The molecule has 0 atom stereocenters. The van der Waals surface area contributed by atoms with Gasteiger partial charge in [-0.1, -0.05) is 54.1 Å². The molecule has 0 saturated carbocycles. The Bertz CT molecular complexity index is 788. The van der Waals surface area contributed by atoms with Crippen LogP contribution in [0.4, 0.5) is 0 Å². The van der Waals surface area contributed by atoms with E-state index in [2.05, 4.69) is 4.98 Å². The average Bonchev–Trinajstić information content (AvgIpc) is 2.47. The van der Waals surface area contributed by atoms with Gasteiger partial charge in [-0.3, -0.25) is 4.79 Å². The molecule has 0 aliphatic heterocycles. The molecular formula is C18H15NO. The Morgan fingerprint density at radius 2 is 1.65 bits per heavy atom. The maximum Gasteiger partial charge on any atom is 0.211 e. The molecule has 0 radical (unpaired) electrons. The van der Waals surface area contributed by atoms with Gasteiger partial charge in [0.2, 0.25) is 5.78 Å². The summed E-state index contributed by atoms with van der Waals surface area (Å²) in [6.07, 6.45) is 0. The van der Waals surface area contributed by atoms with Gasteiger partial charge < -0.3 is 0 Å². The lowest BCUT2D eigenvalue weighted by Crippen LogP contribution is -2.04. The smallest absolute Gasteiger partial charge is 0.211 e. The van der Waals surface area contributed by atoms with Gasteiger partial charge in [-0.25, -0.2) is 4.98 Å². The molecule has 0 bridgehead atoms. The normalized spacial score (nSPS) is 10.7. The van der Waals surface area contributed by atoms with E-state index in [9.17, 15) is 4.79 Å². The van der Waals surface area contributed by atoms with Crippen molar-refractivity contribution in [3.63, 3.8) is 0 Å². The summed E-state index contributed by atoms with van der Waals surface area (Å²) in [7, 11) is 0. The van der Waals surface area contributed by atoms with Gasteiger partial charge >= 0.3 is 0 Å². The third-order valence-corrected chi connectivity index (χ3v) is 3.47. The first-order chi connectivity index (χ1) is 9.65. The number of fused-ring (bicyclic) bond motifs is 1. The third kappa shape index (κ3) is 2.21. The van der Waals surface area contributed by atoms with E-state index in [4.69, 9.17) is 0 Å². The molecule has 0 aliphatic carbocycles. The summed E-state index contributed by atoms with van der Waals surface area (Å²) in [6.45, 7) is 4.02. The van der Waals surface area contributed by atoms with Crippen molar-refractivity contribution >= 4 is 16.7 Å². The largest absolute Gasteiger partial charge is 0.287 e. The average molecular weight is 261 g/mol. The second kappa shape index (κ2) is 4.89. The minimum atomic E-state index is -0.0323. The summed E-state index contributed by atoms with van der Waals surface area (Å²) < 4.78 is 0. The molecule has 2 nitrogen and oxygen atoms in total. The summed E-state index contributed by atoms with van der Waals surface area (Å²) in [4.78, 5) is 17.0. The first-order valence-electron chi connectivity index (χ1n) is 6.63. The first-order valence-corrected chi connectivity index (χ1v) is 6.63. The molecule has 0 amide bonds. The molecule has 3 rings (SSSR count). The first kappa shape index (κ1) is 12.5. The Hall–Kier alpha value is -2.48. The Kier molecular flexibility index (Phi) is 3.07. The second-order valence-corrected chi connectivity index (χ2v) is 5.04. The van der Waals surface area contributed by atoms with Crippen LogP contribution in [-0.4, -0.2) is 10.8 Å². The molecule has 0 fully saturated rings. The Morgan fingerprint density at radius 3 is 2.40 bits per heavy atom. The summed E-state index contributed by atoms with van der Waals surface area (Å²) in [5.41, 5.74) is 4.29. The van der Waals surface area contributed by atoms with Crippen molar-refractivity contribution in [1.29, 1.82) is 0 Å². The van der Waals surface area contributed by atoms with Crippen LogP contribution in [0, 0.1) is 13.8 Å². The number of aromatic nitrogens is 1. The highest BCUT2D eigenvalue weighted by Gasteiger charge is 2.11. The Labute approximate surface area is 118 Å². The number of hydrogen-bond donors (Lipinski definition) is 0. The number of rotatable bonds is 2. The lowest BCUT2D eigenvalue weighted by Gasteiger charge is -2.05. The number of ketones is 1. The van der Waals surface area contributed by atoms with Gasteiger partial charge in [0.1, 0.15) is 5.69 Å². The van der Waals surface area contributed by atoms with Gasteiger partial charge in [0.25, 0.3) is 0 Å². The molecule has 1 aromatic heterocycles. The maximum atomic E-state index is 12.5. The molecule has 2 aromatic carbocycles. The van der Waals surface area contributed by atoms with Crippen LogP contribution in [0.25, 0.3) is 10.9 Å². The highest BCUT2D eigenvalue weighted by molar-refractivity contribution is 6.08. The van der Waals surface area contributed by atoms with Crippen molar-refractivity contribution in [2.75, 3.05) is 0 Å². The van der Waals surface area contributed by atoms with Crippen molar-refractivity contribution in [3.8, 4) is 0 Å². The van der Waals surface area contributed by atoms with Crippen LogP contribution in [0.1, 0.15) is 27.2 Å². The van der Waals surface area contributed by atoms with E-state index in [0.29, 0.717) is 11.3 Å². The number of nitrogens with zero attached hydrogens (tertiary/aromatic N) is 1. The maximum absolute atomic E-state index is 12.5. The molecule has 0 N–H and O–H groups in total. The fourth-order valence-corrected chi connectivity index (χ4v) is 2.27. The van der Waals surface area contributed by atoms with Crippen LogP contribution in [-0.2, 0) is 0 Å². The molecule has 1 heterocycles. The van der Waals surface area contributed by atoms with Crippen molar-refractivity contribution in [2.45, 2.75) is 13.8 Å². The summed E-state index contributed by atoms with van der Waals surface area (Å²) in [5.74, 6) is -0.0323. The monoisotopic (exact) mass is 261 g/mol. The predicted octanol–water partition coefficient (Wildman–Crippen LogP) is 4.08. The van der Waals surface area contributed by atoms with Crippen molar-refractivity contribution < 1.29 is 4.79 Å². The van der Waals surface area contributed by atoms with E-state index in [1.165, 1.54) is 0 Å². The number of para-hydroxylation sites is 1. The molecule has 0 aliphatic rings. The van der Waals surface area contributed by atoms with Crippen molar-refractivity contribution in [3.05, 3.63) is 77.0 Å². The molecule has 98 valence electrons. The van der Waals surface area contributed by atoms with E-state index in [-0.39, 0.29) is 5.78 Å². The lowest BCUT2D eigenvalue weighted by molar-refractivity contribution is 0.103.